The van der Waals surface area contributed by atoms with E-state index in [9.17, 15) is 9.59 Å². The number of amides is 1. The molecule has 23 heavy (non-hydrogen) atoms. The Morgan fingerprint density at radius 3 is 2.61 bits per heavy atom. The molecule has 0 aliphatic heterocycles. The SMILES string of the molecule is COc1cccc2[nH]c(C(=O)Nc3cccc(C(C)=O)c3)cc12. The lowest BCUT2D eigenvalue weighted by atomic mass is 10.1. The number of hydrogen-bond acceptors (Lipinski definition) is 3. The normalized spacial score (nSPS) is 10.5. The number of nitrogens with one attached hydrogen (secondary N) is 2. The van der Waals surface area contributed by atoms with Crippen molar-refractivity contribution in [3.63, 3.8) is 0 Å². The molecule has 0 bridgehead atoms. The van der Waals surface area contributed by atoms with Crippen molar-refractivity contribution in [2.45, 2.75) is 6.92 Å². The van der Waals surface area contributed by atoms with Gasteiger partial charge in [0.25, 0.3) is 5.91 Å². The number of H-pyrrole nitrogens is 1. The Hall–Kier alpha value is -3.08. The van der Waals surface area contributed by atoms with E-state index < -0.39 is 0 Å². The highest BCUT2D eigenvalue weighted by molar-refractivity contribution is 6.07. The number of aromatic amines is 1. The molecule has 0 atom stereocenters. The number of Topliss-reactive ketones (excluding diaryl/α,β-unsaturated/α-hetero) is 1. The van der Waals surface area contributed by atoms with Gasteiger partial charge in [0.05, 0.1) is 7.11 Å². The highest BCUT2D eigenvalue weighted by Gasteiger charge is 2.12. The number of aromatic nitrogens is 1. The van der Waals surface area contributed by atoms with Crippen molar-refractivity contribution >= 4 is 28.3 Å². The fraction of sp³-hybridized carbons (Fsp3) is 0.111. The summed E-state index contributed by atoms with van der Waals surface area (Å²) in [6.45, 7) is 1.49. The number of anilines is 1. The summed E-state index contributed by atoms with van der Waals surface area (Å²) in [5.41, 5.74) is 2.39. The zero-order chi connectivity index (χ0) is 16.4. The van der Waals surface area contributed by atoms with E-state index in [1.54, 1.807) is 37.4 Å². The fourth-order valence-electron chi connectivity index (χ4n) is 2.44. The van der Waals surface area contributed by atoms with Crippen LogP contribution in [0.2, 0.25) is 0 Å². The number of methoxy groups -OCH3 is 1. The predicted molar refractivity (Wildman–Crippen MR) is 89.3 cm³/mol. The Morgan fingerprint density at radius 2 is 1.87 bits per heavy atom. The van der Waals surface area contributed by atoms with Crippen LogP contribution in [0.25, 0.3) is 10.9 Å². The fourth-order valence-corrected chi connectivity index (χ4v) is 2.44. The van der Waals surface area contributed by atoms with Gasteiger partial charge in [-0.15, -0.1) is 0 Å². The third-order valence-electron chi connectivity index (χ3n) is 3.62. The summed E-state index contributed by atoms with van der Waals surface area (Å²) in [7, 11) is 1.59. The minimum atomic E-state index is -0.274. The molecule has 0 aliphatic carbocycles. The van der Waals surface area contributed by atoms with E-state index in [0.29, 0.717) is 22.7 Å². The molecule has 2 N–H and O–H groups in total. The van der Waals surface area contributed by atoms with Crippen LogP contribution in [-0.2, 0) is 0 Å². The smallest absolute Gasteiger partial charge is 0.272 e. The summed E-state index contributed by atoms with van der Waals surface area (Å²) in [4.78, 5) is 26.9. The quantitative estimate of drug-likeness (QED) is 0.723. The van der Waals surface area contributed by atoms with E-state index >= 15 is 0 Å². The van der Waals surface area contributed by atoms with Crippen LogP contribution in [-0.4, -0.2) is 23.8 Å². The summed E-state index contributed by atoms with van der Waals surface area (Å²) in [5, 5.41) is 3.63. The number of rotatable bonds is 4. The van der Waals surface area contributed by atoms with Crippen molar-refractivity contribution in [3.8, 4) is 5.75 Å². The molecule has 0 saturated heterocycles. The number of hydrogen-bond donors (Lipinski definition) is 2. The van der Waals surface area contributed by atoms with Crippen LogP contribution in [0, 0.1) is 0 Å². The zero-order valence-corrected chi connectivity index (χ0v) is 12.8. The third-order valence-corrected chi connectivity index (χ3v) is 3.62. The average Bonchev–Trinajstić information content (AvgIpc) is 2.99. The second kappa shape index (κ2) is 5.96. The highest BCUT2D eigenvalue weighted by atomic mass is 16.5. The monoisotopic (exact) mass is 308 g/mol. The lowest BCUT2D eigenvalue weighted by Gasteiger charge is -2.05. The van der Waals surface area contributed by atoms with Crippen LogP contribution in [0.3, 0.4) is 0 Å². The summed E-state index contributed by atoms with van der Waals surface area (Å²) >= 11 is 0. The van der Waals surface area contributed by atoms with Gasteiger partial charge < -0.3 is 15.0 Å². The average molecular weight is 308 g/mol. The van der Waals surface area contributed by atoms with Crippen molar-refractivity contribution in [2.75, 3.05) is 12.4 Å². The molecule has 3 aromatic rings. The van der Waals surface area contributed by atoms with Crippen molar-refractivity contribution in [3.05, 3.63) is 59.8 Å². The number of carbonyl (C=O) groups is 2. The Balaban J connectivity index is 1.89. The first-order chi connectivity index (χ1) is 11.1. The predicted octanol–water partition coefficient (Wildman–Crippen LogP) is 3.63. The van der Waals surface area contributed by atoms with Crippen LogP contribution in [0.4, 0.5) is 5.69 Å². The molecular formula is C18H16N2O3. The number of fused-ring (bicyclic) bond motifs is 1. The van der Waals surface area contributed by atoms with Gasteiger partial charge in [0.2, 0.25) is 0 Å². The molecule has 3 rings (SSSR count). The summed E-state index contributed by atoms with van der Waals surface area (Å²) in [5.74, 6) is 0.386. The Bertz CT molecular complexity index is 896. The van der Waals surface area contributed by atoms with Crippen molar-refractivity contribution in [1.29, 1.82) is 0 Å². The van der Waals surface area contributed by atoms with E-state index in [2.05, 4.69) is 10.3 Å². The molecule has 0 radical (unpaired) electrons. The molecule has 1 amide bonds. The van der Waals surface area contributed by atoms with Crippen LogP contribution >= 0.6 is 0 Å². The molecule has 1 heterocycles. The zero-order valence-electron chi connectivity index (χ0n) is 12.8. The molecule has 0 unspecified atom stereocenters. The Morgan fingerprint density at radius 1 is 1.09 bits per heavy atom. The highest BCUT2D eigenvalue weighted by Crippen LogP contribution is 2.26. The minimum absolute atomic E-state index is 0.0450. The first-order valence-electron chi connectivity index (χ1n) is 7.16. The van der Waals surface area contributed by atoms with Crippen molar-refractivity contribution in [2.24, 2.45) is 0 Å². The van der Waals surface area contributed by atoms with E-state index in [4.69, 9.17) is 4.74 Å². The molecule has 0 spiro atoms. The molecule has 0 fully saturated rings. The van der Waals surface area contributed by atoms with Crippen LogP contribution < -0.4 is 10.1 Å². The van der Waals surface area contributed by atoms with Crippen molar-refractivity contribution < 1.29 is 14.3 Å². The first kappa shape index (κ1) is 14.8. The number of ketones is 1. The molecule has 5 nitrogen and oxygen atoms in total. The van der Waals surface area contributed by atoms with E-state index in [0.717, 1.165) is 10.9 Å². The van der Waals surface area contributed by atoms with E-state index in [1.807, 2.05) is 18.2 Å². The van der Waals surface area contributed by atoms with Gasteiger partial charge in [0, 0.05) is 22.2 Å². The molecule has 1 aromatic heterocycles. The van der Waals surface area contributed by atoms with Crippen LogP contribution in [0.15, 0.2) is 48.5 Å². The number of benzene rings is 2. The summed E-state index contributed by atoms with van der Waals surface area (Å²) in [6.07, 6.45) is 0. The molecule has 5 heteroatoms. The van der Waals surface area contributed by atoms with Crippen molar-refractivity contribution in [1.82, 2.24) is 4.98 Å². The topological polar surface area (TPSA) is 71.2 Å². The largest absolute Gasteiger partial charge is 0.496 e. The maximum absolute atomic E-state index is 12.4. The molecule has 0 saturated carbocycles. The van der Waals surface area contributed by atoms with Crippen LogP contribution in [0.1, 0.15) is 27.8 Å². The second-order valence-electron chi connectivity index (χ2n) is 5.20. The Labute approximate surface area is 133 Å². The van der Waals surface area contributed by atoms with Crippen LogP contribution in [0.5, 0.6) is 5.75 Å². The maximum atomic E-state index is 12.4. The first-order valence-corrected chi connectivity index (χ1v) is 7.16. The lowest BCUT2D eigenvalue weighted by molar-refractivity contribution is 0.100. The van der Waals surface area contributed by atoms with Gasteiger partial charge in [-0.05, 0) is 37.3 Å². The molecule has 116 valence electrons. The number of carbonyl (C=O) groups excluding carboxylic acids is 2. The lowest BCUT2D eigenvalue weighted by Crippen LogP contribution is -2.12. The molecular weight excluding hydrogens is 292 g/mol. The third kappa shape index (κ3) is 2.94. The molecule has 0 aliphatic rings. The van der Waals surface area contributed by atoms with Gasteiger partial charge in [-0.3, -0.25) is 9.59 Å². The minimum Gasteiger partial charge on any atom is -0.496 e. The number of ether oxygens (including phenoxy) is 1. The Kier molecular flexibility index (Phi) is 3.85. The van der Waals surface area contributed by atoms with Gasteiger partial charge in [-0.25, -0.2) is 0 Å². The molecule has 2 aromatic carbocycles. The van der Waals surface area contributed by atoms with Gasteiger partial charge in [0.1, 0.15) is 11.4 Å². The van der Waals surface area contributed by atoms with Gasteiger partial charge in [0.15, 0.2) is 5.78 Å². The van der Waals surface area contributed by atoms with Gasteiger partial charge in [-0.2, -0.15) is 0 Å². The van der Waals surface area contributed by atoms with E-state index in [-0.39, 0.29) is 11.7 Å². The summed E-state index contributed by atoms with van der Waals surface area (Å²) < 4.78 is 5.29. The second-order valence-corrected chi connectivity index (χ2v) is 5.20. The van der Waals surface area contributed by atoms with Gasteiger partial charge >= 0.3 is 0 Å². The standard InChI is InChI=1S/C18H16N2O3/c1-11(21)12-5-3-6-13(9-12)19-18(22)16-10-14-15(20-16)7-4-8-17(14)23-2/h3-10,20H,1-2H3,(H,19,22). The maximum Gasteiger partial charge on any atom is 0.272 e. The van der Waals surface area contributed by atoms with Gasteiger partial charge in [-0.1, -0.05) is 18.2 Å². The summed E-state index contributed by atoms with van der Waals surface area (Å²) in [6, 6.07) is 14.2. The van der Waals surface area contributed by atoms with E-state index in [1.165, 1.54) is 6.92 Å².